The molecule has 2 heterocycles. The Hall–Kier alpha value is -2.35. The number of nitrogens with zero attached hydrogens (tertiary/aromatic N) is 3. The highest BCUT2D eigenvalue weighted by Gasteiger charge is 2.43. The maximum Gasteiger partial charge on any atom is 0.262 e. The Bertz CT molecular complexity index is 971. The van der Waals surface area contributed by atoms with Crippen molar-refractivity contribution in [3.63, 3.8) is 0 Å². The second-order valence-electron chi connectivity index (χ2n) is 8.05. The zero-order valence-corrected chi connectivity index (χ0v) is 19.6. The van der Waals surface area contributed by atoms with Gasteiger partial charge in [-0.3, -0.25) is 24.2 Å². The first-order valence-corrected chi connectivity index (χ1v) is 12.5. The molecule has 0 saturated carbocycles. The lowest BCUT2D eigenvalue weighted by Crippen LogP contribution is -2.56. The molecule has 32 heavy (non-hydrogen) atoms. The topological polar surface area (TPSA) is 60.9 Å². The smallest absolute Gasteiger partial charge is 0.262 e. The number of piperazine rings is 1. The monoisotopic (exact) mass is 471 g/mol. The molecule has 4 rings (SSSR count). The van der Waals surface area contributed by atoms with Crippen LogP contribution in [-0.4, -0.2) is 76.7 Å². The molecule has 2 aliphatic heterocycles. The zero-order valence-electron chi connectivity index (χ0n) is 18.0. The summed E-state index contributed by atoms with van der Waals surface area (Å²) < 4.78 is 0. The van der Waals surface area contributed by atoms with Gasteiger partial charge < -0.3 is 4.90 Å². The minimum atomic E-state index is -0.766. The molecule has 168 valence electrons. The molecule has 0 aromatic heterocycles. The summed E-state index contributed by atoms with van der Waals surface area (Å²) in [4.78, 5) is 44.7. The second-order valence-corrected chi connectivity index (χ2v) is 9.47. The molecule has 0 aliphatic carbocycles. The van der Waals surface area contributed by atoms with Gasteiger partial charge in [-0.15, -0.1) is 0 Å². The van der Waals surface area contributed by atoms with Gasteiger partial charge in [0.25, 0.3) is 11.8 Å². The van der Waals surface area contributed by atoms with Crippen LogP contribution in [-0.2, 0) is 11.3 Å². The van der Waals surface area contributed by atoms with Crippen molar-refractivity contribution in [2.24, 2.45) is 0 Å². The lowest BCUT2D eigenvalue weighted by Gasteiger charge is -2.38. The van der Waals surface area contributed by atoms with Gasteiger partial charge in [0.2, 0.25) is 5.91 Å². The first-order valence-electron chi connectivity index (χ1n) is 10.7. The lowest BCUT2D eigenvalue weighted by molar-refractivity contribution is -0.137. The largest absolute Gasteiger partial charge is 0.338 e. The van der Waals surface area contributed by atoms with Crippen LogP contribution in [0.25, 0.3) is 0 Å². The maximum atomic E-state index is 13.5. The molecule has 0 unspecified atom stereocenters. The number of imide groups is 1. The number of rotatable bonds is 7. The summed E-state index contributed by atoms with van der Waals surface area (Å²) in [7, 11) is 0. The molecule has 1 fully saturated rings. The molecule has 8 heteroatoms. The minimum Gasteiger partial charge on any atom is -0.338 e. The molecule has 0 radical (unpaired) electrons. The molecule has 1 atom stereocenters. The minimum absolute atomic E-state index is 0.139. The van der Waals surface area contributed by atoms with Gasteiger partial charge in [0.05, 0.1) is 11.1 Å². The van der Waals surface area contributed by atoms with Crippen LogP contribution in [0.5, 0.6) is 0 Å². The molecule has 0 bridgehead atoms. The van der Waals surface area contributed by atoms with Gasteiger partial charge in [0.1, 0.15) is 6.04 Å². The Kier molecular flexibility index (Phi) is 7.18. The quantitative estimate of drug-likeness (QED) is 0.579. The Morgan fingerprint density at radius 1 is 0.969 bits per heavy atom. The molecule has 2 aliphatic rings. The molecule has 0 N–H and O–H groups in total. The number of thioether (sulfide) groups is 1. The van der Waals surface area contributed by atoms with Crippen LogP contribution in [0.2, 0.25) is 5.02 Å². The molecular formula is C24H26ClN3O3S. The van der Waals surface area contributed by atoms with E-state index in [1.807, 2.05) is 30.5 Å². The van der Waals surface area contributed by atoms with Gasteiger partial charge in [0.15, 0.2) is 0 Å². The lowest BCUT2D eigenvalue weighted by atomic mass is 10.1. The highest BCUT2D eigenvalue weighted by molar-refractivity contribution is 7.98. The van der Waals surface area contributed by atoms with Crippen molar-refractivity contribution in [1.29, 1.82) is 0 Å². The summed E-state index contributed by atoms with van der Waals surface area (Å²) in [6.07, 6.45) is 2.41. The zero-order chi connectivity index (χ0) is 22.7. The highest BCUT2D eigenvalue weighted by Crippen LogP contribution is 2.27. The van der Waals surface area contributed by atoms with Crippen molar-refractivity contribution in [2.75, 3.05) is 38.2 Å². The van der Waals surface area contributed by atoms with Gasteiger partial charge in [-0.05, 0) is 48.3 Å². The van der Waals surface area contributed by atoms with Crippen molar-refractivity contribution in [3.05, 3.63) is 70.2 Å². The van der Waals surface area contributed by atoms with E-state index in [1.165, 1.54) is 10.5 Å². The van der Waals surface area contributed by atoms with Crippen LogP contribution in [0.1, 0.15) is 32.7 Å². The predicted octanol–water partition coefficient (Wildman–Crippen LogP) is 3.40. The van der Waals surface area contributed by atoms with E-state index in [0.717, 1.165) is 19.6 Å². The molecule has 6 nitrogen and oxygen atoms in total. The van der Waals surface area contributed by atoms with Crippen LogP contribution in [0, 0.1) is 0 Å². The molecule has 0 spiro atoms. The fourth-order valence-corrected chi connectivity index (χ4v) is 4.85. The van der Waals surface area contributed by atoms with Crippen molar-refractivity contribution >= 4 is 41.1 Å². The summed E-state index contributed by atoms with van der Waals surface area (Å²) >= 11 is 7.57. The average Bonchev–Trinajstić information content (AvgIpc) is 3.07. The molecular weight excluding hydrogens is 446 g/mol. The highest BCUT2D eigenvalue weighted by atomic mass is 35.5. The van der Waals surface area contributed by atoms with Crippen LogP contribution >= 0.6 is 23.4 Å². The third kappa shape index (κ3) is 4.70. The summed E-state index contributed by atoms with van der Waals surface area (Å²) in [6.45, 7) is 3.43. The van der Waals surface area contributed by atoms with E-state index in [2.05, 4.69) is 4.90 Å². The molecule has 2 aromatic rings. The SMILES string of the molecule is CSCC[C@@H](C(=O)N1CCN(Cc2ccc(Cl)cc2)CC1)N1C(=O)c2ccccc2C1=O. The van der Waals surface area contributed by atoms with Crippen molar-refractivity contribution in [2.45, 2.75) is 19.0 Å². The number of fused-ring (bicyclic) bond motifs is 1. The first kappa shape index (κ1) is 22.8. The predicted molar refractivity (Wildman–Crippen MR) is 127 cm³/mol. The van der Waals surface area contributed by atoms with E-state index in [9.17, 15) is 14.4 Å². The average molecular weight is 472 g/mol. The van der Waals surface area contributed by atoms with Gasteiger partial charge in [0, 0.05) is 37.7 Å². The van der Waals surface area contributed by atoms with Gasteiger partial charge in [-0.1, -0.05) is 35.9 Å². The van der Waals surface area contributed by atoms with Crippen LogP contribution < -0.4 is 0 Å². The third-order valence-electron chi connectivity index (χ3n) is 6.02. The fraction of sp³-hybridized carbons (Fsp3) is 0.375. The van der Waals surface area contributed by atoms with E-state index in [0.29, 0.717) is 41.4 Å². The molecule has 1 saturated heterocycles. The number of carbonyl (C=O) groups is 3. The number of carbonyl (C=O) groups excluding carboxylic acids is 3. The van der Waals surface area contributed by atoms with Gasteiger partial charge in [-0.25, -0.2) is 0 Å². The maximum absolute atomic E-state index is 13.5. The summed E-state index contributed by atoms with van der Waals surface area (Å²) in [6, 6.07) is 13.8. The number of hydrogen-bond donors (Lipinski definition) is 0. The number of hydrogen-bond acceptors (Lipinski definition) is 5. The summed E-state index contributed by atoms with van der Waals surface area (Å²) in [5, 5.41) is 0.716. The Balaban J connectivity index is 1.43. The van der Waals surface area contributed by atoms with Crippen molar-refractivity contribution < 1.29 is 14.4 Å². The van der Waals surface area contributed by atoms with Crippen LogP contribution in [0.3, 0.4) is 0 Å². The van der Waals surface area contributed by atoms with E-state index >= 15 is 0 Å². The number of amides is 3. The van der Waals surface area contributed by atoms with E-state index in [-0.39, 0.29) is 17.7 Å². The second kappa shape index (κ2) is 10.1. The summed E-state index contributed by atoms with van der Waals surface area (Å²) in [5.41, 5.74) is 1.94. The first-order chi connectivity index (χ1) is 15.5. The fourth-order valence-electron chi connectivity index (χ4n) is 4.27. The van der Waals surface area contributed by atoms with Crippen LogP contribution in [0.15, 0.2) is 48.5 Å². The molecule has 3 amide bonds. The van der Waals surface area contributed by atoms with E-state index in [1.54, 1.807) is 40.9 Å². The van der Waals surface area contributed by atoms with Gasteiger partial charge in [-0.2, -0.15) is 11.8 Å². The number of benzene rings is 2. The normalized spacial score (nSPS) is 17.6. The summed E-state index contributed by atoms with van der Waals surface area (Å²) in [5.74, 6) is -0.182. The van der Waals surface area contributed by atoms with Gasteiger partial charge >= 0.3 is 0 Å². The third-order valence-corrected chi connectivity index (χ3v) is 6.92. The van der Waals surface area contributed by atoms with E-state index in [4.69, 9.17) is 11.6 Å². The van der Waals surface area contributed by atoms with E-state index < -0.39 is 6.04 Å². The standard InChI is InChI=1S/C24H26ClN3O3S/c1-32-15-10-21(28-22(29)19-4-2-3-5-20(19)23(28)30)24(31)27-13-11-26(12-14-27)16-17-6-8-18(25)9-7-17/h2-9,21H,10-16H2,1H3/t21-/m0/s1. The Labute approximate surface area is 197 Å². The van der Waals surface area contributed by atoms with Crippen molar-refractivity contribution in [1.82, 2.24) is 14.7 Å². The molecule has 2 aromatic carbocycles. The van der Waals surface area contributed by atoms with Crippen molar-refractivity contribution in [3.8, 4) is 0 Å². The Morgan fingerprint density at radius 2 is 1.56 bits per heavy atom. The Morgan fingerprint density at radius 3 is 2.12 bits per heavy atom. The van der Waals surface area contributed by atoms with Crippen LogP contribution in [0.4, 0.5) is 0 Å². The number of halogens is 1.